The van der Waals surface area contributed by atoms with Gasteiger partial charge in [0.1, 0.15) is 11.4 Å². The first kappa shape index (κ1) is 16.2. The third-order valence-electron chi connectivity index (χ3n) is 3.41. The Kier molecular flexibility index (Phi) is 3.84. The van der Waals surface area contributed by atoms with E-state index in [1.807, 2.05) is 13.0 Å². The number of aryl methyl sites for hydroxylation is 3. The Bertz CT molecular complexity index is 901. The van der Waals surface area contributed by atoms with E-state index in [2.05, 4.69) is 5.10 Å². The van der Waals surface area contributed by atoms with E-state index in [9.17, 15) is 13.2 Å². The van der Waals surface area contributed by atoms with Crippen LogP contribution in [0.5, 0.6) is 0 Å². The Balaban J connectivity index is 2.24. The van der Waals surface area contributed by atoms with Crippen molar-refractivity contribution in [1.29, 1.82) is 0 Å². The molecule has 0 fully saturated rings. The molecular formula is C14H12ClF3N3OS+. The van der Waals surface area contributed by atoms with Gasteiger partial charge in [0.15, 0.2) is 5.58 Å². The fourth-order valence-corrected chi connectivity index (χ4v) is 3.29. The molecule has 1 aromatic carbocycles. The number of benzene rings is 1. The van der Waals surface area contributed by atoms with Gasteiger partial charge in [-0.1, -0.05) is 11.6 Å². The monoisotopic (exact) mass is 362 g/mol. The first-order chi connectivity index (χ1) is 10.7. The zero-order valence-electron chi connectivity index (χ0n) is 12.4. The van der Waals surface area contributed by atoms with E-state index < -0.39 is 5.51 Å². The van der Waals surface area contributed by atoms with Crippen LogP contribution in [0.15, 0.2) is 28.0 Å². The fraction of sp³-hybridized carbons (Fsp3) is 0.286. The summed E-state index contributed by atoms with van der Waals surface area (Å²) < 4.78 is 46.5. The predicted molar refractivity (Wildman–Crippen MR) is 80.9 cm³/mol. The second-order valence-electron chi connectivity index (χ2n) is 5.06. The highest BCUT2D eigenvalue weighted by atomic mass is 35.5. The highest BCUT2D eigenvalue weighted by molar-refractivity contribution is 7.99. The van der Waals surface area contributed by atoms with Gasteiger partial charge < -0.3 is 4.42 Å². The number of furan rings is 1. The van der Waals surface area contributed by atoms with Crippen molar-refractivity contribution >= 4 is 34.3 Å². The van der Waals surface area contributed by atoms with Gasteiger partial charge in [0.2, 0.25) is 0 Å². The molecule has 0 bridgehead atoms. The number of alkyl halides is 3. The van der Waals surface area contributed by atoms with E-state index in [0.717, 1.165) is 10.9 Å². The van der Waals surface area contributed by atoms with Crippen molar-refractivity contribution in [2.24, 2.45) is 7.05 Å². The molecule has 0 aliphatic heterocycles. The molecule has 0 aliphatic rings. The van der Waals surface area contributed by atoms with E-state index in [0.29, 0.717) is 22.1 Å². The minimum absolute atomic E-state index is 0.0590. The molecule has 0 atom stereocenters. The molecule has 3 aromatic rings. The minimum Gasteiger partial charge on any atom is -0.460 e. The van der Waals surface area contributed by atoms with Crippen molar-refractivity contribution in [2.75, 3.05) is 0 Å². The number of rotatable bonds is 2. The van der Waals surface area contributed by atoms with Gasteiger partial charge in [-0.2, -0.15) is 17.7 Å². The van der Waals surface area contributed by atoms with Gasteiger partial charge in [0, 0.05) is 16.6 Å². The predicted octanol–water partition coefficient (Wildman–Crippen LogP) is 4.33. The van der Waals surface area contributed by atoms with E-state index >= 15 is 0 Å². The number of aromatic nitrogens is 3. The second-order valence-corrected chi connectivity index (χ2v) is 6.50. The maximum Gasteiger partial charge on any atom is 0.452 e. The summed E-state index contributed by atoms with van der Waals surface area (Å²) >= 11 is 6.00. The first-order valence-electron chi connectivity index (χ1n) is 6.56. The zero-order valence-corrected chi connectivity index (χ0v) is 14.0. The number of thioether (sulfide) groups is 1. The molecule has 2 aromatic heterocycles. The van der Waals surface area contributed by atoms with Crippen molar-refractivity contribution in [3.05, 3.63) is 34.8 Å². The van der Waals surface area contributed by atoms with Crippen molar-refractivity contribution in [2.45, 2.75) is 24.5 Å². The topological polar surface area (TPSA) is 34.8 Å². The van der Waals surface area contributed by atoms with Gasteiger partial charge in [-0.15, -0.1) is 4.68 Å². The van der Waals surface area contributed by atoms with Crippen LogP contribution in [0.25, 0.3) is 16.7 Å². The molecule has 4 nitrogen and oxygen atoms in total. The summed E-state index contributed by atoms with van der Waals surface area (Å²) in [6.45, 7) is 3.60. The molecule has 122 valence electrons. The smallest absolute Gasteiger partial charge is 0.452 e. The van der Waals surface area contributed by atoms with Crippen LogP contribution in [-0.2, 0) is 7.05 Å². The number of hydrogen-bond acceptors (Lipinski definition) is 3. The largest absolute Gasteiger partial charge is 0.460 e. The number of fused-ring (bicyclic) bond motifs is 1. The molecule has 0 unspecified atom stereocenters. The maximum absolute atomic E-state index is 12.8. The van der Waals surface area contributed by atoms with Gasteiger partial charge in [0.05, 0.1) is 23.8 Å². The molecule has 3 rings (SSSR count). The van der Waals surface area contributed by atoms with Crippen LogP contribution in [0.1, 0.15) is 11.3 Å². The normalized spacial score (nSPS) is 12.3. The standard InChI is InChI=1S/C14H12ClF3N3OS/c1-7-4-9-8(2)11(5-10(15)12(9)22-7)21-6-19-20(3)13(21)23-14(16,17)18/h4-6H,1-3H3/q+1. The lowest BCUT2D eigenvalue weighted by Gasteiger charge is -2.08. The third kappa shape index (κ3) is 2.92. The van der Waals surface area contributed by atoms with E-state index in [-0.39, 0.29) is 16.9 Å². The lowest BCUT2D eigenvalue weighted by Crippen LogP contribution is -2.33. The van der Waals surface area contributed by atoms with Gasteiger partial charge in [0.25, 0.3) is 6.33 Å². The molecule has 0 aliphatic carbocycles. The summed E-state index contributed by atoms with van der Waals surface area (Å²) in [4.78, 5) is 0. The van der Waals surface area contributed by atoms with Crippen LogP contribution >= 0.6 is 23.4 Å². The summed E-state index contributed by atoms with van der Waals surface area (Å²) in [5.41, 5.74) is -2.59. The summed E-state index contributed by atoms with van der Waals surface area (Å²) in [5, 5.41) is 4.98. The fourth-order valence-electron chi connectivity index (χ4n) is 2.42. The quantitative estimate of drug-likeness (QED) is 0.503. The van der Waals surface area contributed by atoms with E-state index in [4.69, 9.17) is 16.0 Å². The molecule has 9 heteroatoms. The van der Waals surface area contributed by atoms with Crippen LogP contribution < -0.4 is 4.57 Å². The van der Waals surface area contributed by atoms with Crippen molar-refractivity contribution in [1.82, 2.24) is 9.78 Å². The summed E-state index contributed by atoms with van der Waals surface area (Å²) in [5.74, 6) is 0.684. The molecule has 0 saturated carbocycles. The molecule has 23 heavy (non-hydrogen) atoms. The van der Waals surface area contributed by atoms with Crippen molar-refractivity contribution < 1.29 is 22.2 Å². The van der Waals surface area contributed by atoms with Gasteiger partial charge >= 0.3 is 10.7 Å². The van der Waals surface area contributed by atoms with Crippen LogP contribution in [0.2, 0.25) is 5.02 Å². The lowest BCUT2D eigenvalue weighted by atomic mass is 10.1. The molecule has 0 radical (unpaired) electrons. The average molecular weight is 363 g/mol. The molecule has 2 heterocycles. The van der Waals surface area contributed by atoms with Crippen LogP contribution in [-0.4, -0.2) is 15.3 Å². The maximum atomic E-state index is 12.8. The van der Waals surface area contributed by atoms with Crippen LogP contribution in [0.4, 0.5) is 13.2 Å². The Morgan fingerprint density at radius 2 is 2.00 bits per heavy atom. The molecule has 0 N–H and O–H groups in total. The second kappa shape index (κ2) is 5.45. The number of halogens is 4. The van der Waals surface area contributed by atoms with Gasteiger partial charge in [-0.05, 0) is 25.5 Å². The lowest BCUT2D eigenvalue weighted by molar-refractivity contribution is -0.638. The van der Waals surface area contributed by atoms with Gasteiger partial charge in [-0.3, -0.25) is 0 Å². The highest BCUT2D eigenvalue weighted by Crippen LogP contribution is 2.36. The minimum atomic E-state index is -4.41. The summed E-state index contributed by atoms with van der Waals surface area (Å²) in [6.07, 6.45) is 1.34. The molecular weight excluding hydrogens is 351 g/mol. The highest BCUT2D eigenvalue weighted by Gasteiger charge is 2.37. The Morgan fingerprint density at radius 3 is 2.65 bits per heavy atom. The summed E-state index contributed by atoms with van der Waals surface area (Å²) in [7, 11) is 1.46. The first-order valence-corrected chi connectivity index (χ1v) is 7.76. The third-order valence-corrected chi connectivity index (χ3v) is 4.57. The molecule has 0 amide bonds. The van der Waals surface area contributed by atoms with Crippen molar-refractivity contribution in [3.63, 3.8) is 0 Å². The van der Waals surface area contributed by atoms with E-state index in [1.54, 1.807) is 13.0 Å². The Labute approximate surface area is 138 Å². The number of hydrogen-bond donors (Lipinski definition) is 0. The van der Waals surface area contributed by atoms with Crippen LogP contribution in [0, 0.1) is 13.8 Å². The summed E-state index contributed by atoms with van der Waals surface area (Å²) in [6, 6.07) is 3.40. The average Bonchev–Trinajstić information content (AvgIpc) is 2.98. The molecule has 0 saturated heterocycles. The molecule has 0 spiro atoms. The Hall–Kier alpha value is -1.67. The van der Waals surface area contributed by atoms with Gasteiger partial charge in [-0.25, -0.2) is 0 Å². The zero-order chi connectivity index (χ0) is 16.9. The number of nitrogens with zero attached hydrogens (tertiary/aromatic N) is 3. The van der Waals surface area contributed by atoms with Crippen LogP contribution in [0.3, 0.4) is 0 Å². The Morgan fingerprint density at radius 1 is 1.30 bits per heavy atom. The van der Waals surface area contributed by atoms with E-state index in [1.165, 1.54) is 22.6 Å². The SMILES string of the molecule is Cc1cc2c(C)c(-[n+]3cnn(C)c3SC(F)(F)F)cc(Cl)c2o1. The van der Waals surface area contributed by atoms with Crippen molar-refractivity contribution in [3.8, 4) is 5.69 Å².